The number of H-pyrrole nitrogens is 1. The van der Waals surface area contributed by atoms with E-state index in [1.807, 2.05) is 6.07 Å². The van der Waals surface area contributed by atoms with Gasteiger partial charge in [0.1, 0.15) is 0 Å². The van der Waals surface area contributed by atoms with E-state index in [0.29, 0.717) is 5.56 Å². The third-order valence-corrected chi connectivity index (χ3v) is 2.14. The fourth-order valence-corrected chi connectivity index (χ4v) is 1.49. The van der Waals surface area contributed by atoms with E-state index in [9.17, 15) is 4.79 Å². The van der Waals surface area contributed by atoms with Gasteiger partial charge < -0.3 is 4.98 Å². The number of aromatic amines is 1. The van der Waals surface area contributed by atoms with E-state index in [1.54, 1.807) is 18.6 Å². The van der Waals surface area contributed by atoms with Crippen molar-refractivity contribution in [3.05, 3.63) is 29.6 Å². The molecule has 2 aromatic rings. The van der Waals surface area contributed by atoms with Crippen LogP contribution >= 0.6 is 24.8 Å². The van der Waals surface area contributed by atoms with Gasteiger partial charge in [-0.25, -0.2) is 9.98 Å². The first-order valence-corrected chi connectivity index (χ1v) is 3.90. The minimum absolute atomic E-state index is 0. The summed E-state index contributed by atoms with van der Waals surface area (Å²) in [5.74, 6) is -0.181. The first-order valence-electron chi connectivity index (χ1n) is 3.90. The third kappa shape index (κ3) is 1.62. The van der Waals surface area contributed by atoms with Crippen LogP contribution in [0.4, 0.5) is 0 Å². The molecule has 1 amide bonds. The quantitative estimate of drug-likeness (QED) is 0.770. The standard InChI is InChI=1S/C9H5N3O.2ClH/c13-9-6-2-8-7(11-4-12-8)1-5(6)3-10-9;;/h1-4H,(H,11,12);2*1H. The molecule has 15 heavy (non-hydrogen) atoms. The van der Waals surface area contributed by atoms with Crippen LogP contribution in [0.1, 0.15) is 15.9 Å². The SMILES string of the molecule is Cl.Cl.O=C1N=Cc2cc3[nH]cnc3cc21. The number of aromatic nitrogens is 2. The number of amides is 1. The number of carbonyl (C=O) groups excluding carboxylic acids is 1. The Morgan fingerprint density at radius 1 is 1.20 bits per heavy atom. The predicted octanol–water partition coefficient (Wildman–Crippen LogP) is 1.98. The van der Waals surface area contributed by atoms with E-state index in [4.69, 9.17) is 0 Å². The maximum atomic E-state index is 11.2. The van der Waals surface area contributed by atoms with Gasteiger partial charge in [-0.05, 0) is 12.1 Å². The molecule has 0 saturated carbocycles. The number of imidazole rings is 1. The van der Waals surface area contributed by atoms with Gasteiger partial charge in [0.25, 0.3) is 5.91 Å². The Hall–Kier alpha value is -1.39. The van der Waals surface area contributed by atoms with Crippen LogP contribution in [0.3, 0.4) is 0 Å². The molecule has 2 heterocycles. The van der Waals surface area contributed by atoms with E-state index in [1.165, 1.54) is 0 Å². The molecule has 3 rings (SSSR count). The molecule has 1 aromatic heterocycles. The number of carbonyl (C=O) groups is 1. The van der Waals surface area contributed by atoms with Crippen LogP contribution in [0, 0.1) is 0 Å². The Morgan fingerprint density at radius 3 is 2.80 bits per heavy atom. The largest absolute Gasteiger partial charge is 0.345 e. The Labute approximate surface area is 97.6 Å². The van der Waals surface area contributed by atoms with Crippen molar-refractivity contribution < 1.29 is 4.79 Å². The summed E-state index contributed by atoms with van der Waals surface area (Å²) in [5.41, 5.74) is 3.24. The Bertz CT molecular complexity index is 547. The van der Waals surface area contributed by atoms with E-state index >= 15 is 0 Å². The lowest BCUT2D eigenvalue weighted by atomic mass is 10.1. The van der Waals surface area contributed by atoms with Gasteiger partial charge in [-0.1, -0.05) is 0 Å². The summed E-state index contributed by atoms with van der Waals surface area (Å²) in [4.78, 5) is 21.9. The fourth-order valence-electron chi connectivity index (χ4n) is 1.49. The molecule has 6 heteroatoms. The molecule has 0 atom stereocenters. The van der Waals surface area contributed by atoms with Crippen molar-refractivity contribution in [2.75, 3.05) is 0 Å². The van der Waals surface area contributed by atoms with Crippen molar-refractivity contribution >= 4 is 48.0 Å². The Kier molecular flexibility index (Phi) is 3.12. The molecular weight excluding hydrogens is 237 g/mol. The molecular formula is C9H7Cl2N3O. The zero-order valence-corrected chi connectivity index (χ0v) is 9.06. The van der Waals surface area contributed by atoms with Crippen molar-refractivity contribution in [1.29, 1.82) is 0 Å². The lowest BCUT2D eigenvalue weighted by Crippen LogP contribution is -1.91. The summed E-state index contributed by atoms with van der Waals surface area (Å²) in [7, 11) is 0. The number of halogens is 2. The second-order valence-corrected chi connectivity index (χ2v) is 2.92. The van der Waals surface area contributed by atoms with Crippen LogP contribution in [-0.2, 0) is 0 Å². The first-order chi connectivity index (χ1) is 6.34. The van der Waals surface area contributed by atoms with E-state index in [-0.39, 0.29) is 30.7 Å². The summed E-state index contributed by atoms with van der Waals surface area (Å²) < 4.78 is 0. The van der Waals surface area contributed by atoms with E-state index in [2.05, 4.69) is 15.0 Å². The van der Waals surface area contributed by atoms with Crippen molar-refractivity contribution in [2.24, 2.45) is 4.99 Å². The van der Waals surface area contributed by atoms with Crippen molar-refractivity contribution in [3.8, 4) is 0 Å². The molecule has 1 aliphatic rings. The topological polar surface area (TPSA) is 58.1 Å². The van der Waals surface area contributed by atoms with Crippen LogP contribution in [0.15, 0.2) is 23.5 Å². The van der Waals surface area contributed by atoms with Crippen LogP contribution in [0.2, 0.25) is 0 Å². The Morgan fingerprint density at radius 2 is 2.00 bits per heavy atom. The predicted molar refractivity (Wildman–Crippen MR) is 62.5 cm³/mol. The lowest BCUT2D eigenvalue weighted by molar-refractivity contribution is 0.101. The van der Waals surface area contributed by atoms with Crippen LogP contribution in [0.25, 0.3) is 11.0 Å². The number of aliphatic imine (C=N–C) groups is 1. The second kappa shape index (κ2) is 4.00. The number of nitrogens with zero attached hydrogens (tertiary/aromatic N) is 2. The number of nitrogens with one attached hydrogen (secondary N) is 1. The van der Waals surface area contributed by atoms with Gasteiger partial charge in [0.15, 0.2) is 0 Å². The normalized spacial score (nSPS) is 12.1. The average Bonchev–Trinajstić information content (AvgIpc) is 2.70. The molecule has 1 aromatic carbocycles. The van der Waals surface area contributed by atoms with Crippen molar-refractivity contribution in [2.45, 2.75) is 0 Å². The molecule has 0 spiro atoms. The average molecular weight is 244 g/mol. The molecule has 1 N–H and O–H groups in total. The number of hydrogen-bond acceptors (Lipinski definition) is 2. The molecule has 1 aliphatic heterocycles. The molecule has 0 saturated heterocycles. The zero-order valence-electron chi connectivity index (χ0n) is 7.43. The van der Waals surface area contributed by atoms with Crippen LogP contribution < -0.4 is 0 Å². The highest BCUT2D eigenvalue weighted by molar-refractivity contribution is 6.14. The lowest BCUT2D eigenvalue weighted by Gasteiger charge is -1.94. The second-order valence-electron chi connectivity index (χ2n) is 2.92. The molecule has 0 aliphatic carbocycles. The molecule has 0 bridgehead atoms. The van der Waals surface area contributed by atoms with Gasteiger partial charge in [-0.2, -0.15) is 0 Å². The van der Waals surface area contributed by atoms with Gasteiger partial charge in [-0.15, -0.1) is 24.8 Å². The smallest absolute Gasteiger partial charge is 0.277 e. The number of benzene rings is 1. The minimum atomic E-state index is -0.181. The molecule has 0 unspecified atom stereocenters. The molecule has 0 fully saturated rings. The molecule has 4 nitrogen and oxygen atoms in total. The van der Waals surface area contributed by atoms with Crippen LogP contribution in [-0.4, -0.2) is 22.1 Å². The van der Waals surface area contributed by atoms with Crippen molar-refractivity contribution in [3.63, 3.8) is 0 Å². The third-order valence-electron chi connectivity index (χ3n) is 2.14. The molecule has 0 radical (unpaired) electrons. The fraction of sp³-hybridized carbons (Fsp3) is 0. The van der Waals surface area contributed by atoms with Crippen molar-refractivity contribution in [1.82, 2.24) is 9.97 Å². The highest BCUT2D eigenvalue weighted by Crippen LogP contribution is 2.20. The number of hydrogen-bond donors (Lipinski definition) is 1. The van der Waals surface area contributed by atoms with Gasteiger partial charge in [0, 0.05) is 11.8 Å². The molecule has 78 valence electrons. The van der Waals surface area contributed by atoms with E-state index in [0.717, 1.165) is 16.6 Å². The maximum absolute atomic E-state index is 11.2. The zero-order chi connectivity index (χ0) is 8.84. The highest BCUT2D eigenvalue weighted by atomic mass is 35.5. The van der Waals surface area contributed by atoms with Gasteiger partial charge in [0.05, 0.1) is 22.9 Å². The van der Waals surface area contributed by atoms with E-state index < -0.39 is 0 Å². The first kappa shape index (κ1) is 11.7. The monoisotopic (exact) mass is 243 g/mol. The van der Waals surface area contributed by atoms with Crippen LogP contribution in [0.5, 0.6) is 0 Å². The Balaban J connectivity index is 0.000000562. The van der Waals surface area contributed by atoms with Gasteiger partial charge in [0.2, 0.25) is 0 Å². The number of fused-ring (bicyclic) bond motifs is 2. The number of rotatable bonds is 0. The summed E-state index contributed by atoms with van der Waals surface area (Å²) >= 11 is 0. The summed E-state index contributed by atoms with van der Waals surface area (Å²) in [6.07, 6.45) is 3.19. The maximum Gasteiger partial charge on any atom is 0.277 e. The summed E-state index contributed by atoms with van der Waals surface area (Å²) in [5, 5.41) is 0. The highest BCUT2D eigenvalue weighted by Gasteiger charge is 2.16. The van der Waals surface area contributed by atoms with Gasteiger partial charge in [-0.3, -0.25) is 4.79 Å². The van der Waals surface area contributed by atoms with Gasteiger partial charge >= 0.3 is 0 Å². The minimum Gasteiger partial charge on any atom is -0.345 e. The summed E-state index contributed by atoms with van der Waals surface area (Å²) in [6, 6.07) is 3.64. The summed E-state index contributed by atoms with van der Waals surface area (Å²) in [6.45, 7) is 0.